The first-order valence-corrected chi connectivity index (χ1v) is 9.89. The molecule has 2 aromatic heterocycles. The molecule has 0 spiro atoms. The van der Waals surface area contributed by atoms with Crippen molar-refractivity contribution in [2.75, 3.05) is 18.5 Å². The van der Waals surface area contributed by atoms with Crippen LogP contribution in [0.2, 0.25) is 0 Å². The van der Waals surface area contributed by atoms with Crippen LogP contribution in [0, 0.1) is 13.8 Å². The molecule has 0 bridgehead atoms. The highest BCUT2D eigenvalue weighted by Crippen LogP contribution is 2.34. The Morgan fingerprint density at radius 1 is 1.03 bits per heavy atom. The van der Waals surface area contributed by atoms with Gasteiger partial charge in [0.15, 0.2) is 11.5 Å². The number of hydrogen-bond acceptors (Lipinski definition) is 7. The van der Waals surface area contributed by atoms with Gasteiger partial charge in [-0.3, -0.25) is 0 Å². The number of aromatic hydroxyl groups is 1. The lowest BCUT2D eigenvalue weighted by Crippen LogP contribution is -2.26. The van der Waals surface area contributed by atoms with Crippen molar-refractivity contribution >= 4 is 16.7 Å². The Labute approximate surface area is 178 Å². The molecule has 0 aliphatic heterocycles. The molecule has 0 saturated heterocycles. The summed E-state index contributed by atoms with van der Waals surface area (Å²) in [5.41, 5.74) is 1.49. The van der Waals surface area contributed by atoms with E-state index >= 15 is 0 Å². The number of para-hydroxylation sites is 1. The summed E-state index contributed by atoms with van der Waals surface area (Å²) in [5.74, 6) is 0.996. The summed E-state index contributed by atoms with van der Waals surface area (Å²) >= 11 is 0. The summed E-state index contributed by atoms with van der Waals surface area (Å²) in [4.78, 5) is 11.9. The third-order valence-corrected chi connectivity index (χ3v) is 5.02. The summed E-state index contributed by atoms with van der Waals surface area (Å²) in [6.07, 6.45) is -0.691. The van der Waals surface area contributed by atoms with E-state index in [1.54, 1.807) is 31.2 Å². The first-order valence-electron chi connectivity index (χ1n) is 9.89. The van der Waals surface area contributed by atoms with Crippen LogP contribution in [0.25, 0.3) is 22.5 Å². The van der Waals surface area contributed by atoms with Crippen LogP contribution in [0.5, 0.6) is 11.5 Å². The number of nitrogens with one attached hydrogen (secondary N) is 1. The van der Waals surface area contributed by atoms with E-state index in [1.165, 1.54) is 6.92 Å². The van der Waals surface area contributed by atoms with Gasteiger partial charge in [0.25, 0.3) is 0 Å². The molecule has 0 radical (unpaired) electrons. The second kappa shape index (κ2) is 8.57. The standard InChI is InChI=1S/C24H23NO6/c1-14-22(27)15(2)24(28)31-23(14)21-11-16-10-19(8-9-20(16)30-21)29-13-18(26)12-25-17-6-4-3-5-7-17/h3-11,18,25-27H,12-13H2,1-2H3. The fourth-order valence-corrected chi connectivity index (χ4v) is 3.23. The second-order valence-corrected chi connectivity index (χ2v) is 7.34. The van der Waals surface area contributed by atoms with Gasteiger partial charge in [-0.05, 0) is 50.2 Å². The number of fused-ring (bicyclic) bond motifs is 1. The zero-order valence-corrected chi connectivity index (χ0v) is 17.2. The van der Waals surface area contributed by atoms with Crippen LogP contribution in [0.15, 0.2) is 68.2 Å². The fraction of sp³-hybridized carbons (Fsp3) is 0.208. The molecule has 2 aromatic carbocycles. The predicted octanol–water partition coefficient (Wildman–Crippen LogP) is 4.23. The Balaban J connectivity index is 1.46. The lowest BCUT2D eigenvalue weighted by molar-refractivity contribution is 0.117. The van der Waals surface area contributed by atoms with Gasteiger partial charge in [0.2, 0.25) is 0 Å². The van der Waals surface area contributed by atoms with Gasteiger partial charge in [0.05, 0.1) is 5.56 Å². The van der Waals surface area contributed by atoms with E-state index in [2.05, 4.69) is 5.32 Å². The number of ether oxygens (including phenoxy) is 1. The molecule has 0 amide bonds. The maximum atomic E-state index is 11.9. The minimum atomic E-state index is -0.691. The van der Waals surface area contributed by atoms with Crippen LogP contribution in [0.4, 0.5) is 5.69 Å². The van der Waals surface area contributed by atoms with Crippen LogP contribution in [-0.2, 0) is 0 Å². The molecule has 2 heterocycles. The van der Waals surface area contributed by atoms with Crippen molar-refractivity contribution in [1.29, 1.82) is 0 Å². The quantitative estimate of drug-likeness (QED) is 0.410. The fourth-order valence-electron chi connectivity index (χ4n) is 3.23. The number of furan rings is 1. The Morgan fingerprint density at radius 3 is 2.58 bits per heavy atom. The maximum absolute atomic E-state index is 11.9. The molecular weight excluding hydrogens is 398 g/mol. The van der Waals surface area contributed by atoms with Gasteiger partial charge in [-0.1, -0.05) is 18.2 Å². The van der Waals surface area contributed by atoms with Gasteiger partial charge in [-0.25, -0.2) is 4.79 Å². The normalized spacial score (nSPS) is 12.1. The van der Waals surface area contributed by atoms with E-state index in [1.807, 2.05) is 30.3 Å². The number of anilines is 1. The molecule has 0 fully saturated rings. The van der Waals surface area contributed by atoms with Crippen LogP contribution < -0.4 is 15.7 Å². The topological polar surface area (TPSA) is 105 Å². The van der Waals surface area contributed by atoms with E-state index in [0.717, 1.165) is 11.1 Å². The molecule has 0 aliphatic carbocycles. The highest BCUT2D eigenvalue weighted by molar-refractivity contribution is 5.84. The molecule has 1 atom stereocenters. The van der Waals surface area contributed by atoms with Crippen LogP contribution in [0.1, 0.15) is 11.1 Å². The Hall–Kier alpha value is -3.71. The molecule has 0 saturated carbocycles. The Bertz CT molecular complexity index is 1260. The van der Waals surface area contributed by atoms with Gasteiger partial charge in [0.1, 0.15) is 29.8 Å². The monoisotopic (exact) mass is 421 g/mol. The smallest absolute Gasteiger partial charge is 0.343 e. The molecule has 3 N–H and O–H groups in total. The molecule has 4 aromatic rings. The first-order chi connectivity index (χ1) is 14.9. The van der Waals surface area contributed by atoms with Crippen molar-refractivity contribution in [2.24, 2.45) is 0 Å². The largest absolute Gasteiger partial charge is 0.507 e. The summed E-state index contributed by atoms with van der Waals surface area (Å²) in [5, 5.41) is 24.2. The number of hydrogen-bond donors (Lipinski definition) is 3. The van der Waals surface area contributed by atoms with Gasteiger partial charge >= 0.3 is 5.63 Å². The van der Waals surface area contributed by atoms with Crippen LogP contribution in [-0.4, -0.2) is 29.5 Å². The molecule has 7 heteroatoms. The van der Waals surface area contributed by atoms with E-state index < -0.39 is 11.7 Å². The summed E-state index contributed by atoms with van der Waals surface area (Å²) in [7, 11) is 0. The average Bonchev–Trinajstić information content (AvgIpc) is 3.21. The van der Waals surface area contributed by atoms with Gasteiger partial charge in [0, 0.05) is 23.2 Å². The first kappa shape index (κ1) is 20.6. The van der Waals surface area contributed by atoms with E-state index in [9.17, 15) is 15.0 Å². The van der Waals surface area contributed by atoms with Crippen molar-refractivity contribution in [2.45, 2.75) is 20.0 Å². The minimum absolute atomic E-state index is 0.103. The summed E-state index contributed by atoms with van der Waals surface area (Å²) < 4.78 is 16.8. The van der Waals surface area contributed by atoms with Crippen molar-refractivity contribution in [3.05, 3.63) is 76.1 Å². The summed E-state index contributed by atoms with van der Waals surface area (Å²) in [6.45, 7) is 3.64. The molecule has 7 nitrogen and oxygen atoms in total. The molecule has 1 unspecified atom stereocenters. The third kappa shape index (κ3) is 4.41. The van der Waals surface area contributed by atoms with Crippen LogP contribution in [0.3, 0.4) is 0 Å². The number of benzene rings is 2. The minimum Gasteiger partial charge on any atom is -0.507 e. The highest BCUT2D eigenvalue weighted by Gasteiger charge is 2.18. The van der Waals surface area contributed by atoms with Crippen molar-refractivity contribution in [1.82, 2.24) is 0 Å². The molecule has 0 aliphatic rings. The Morgan fingerprint density at radius 2 is 1.81 bits per heavy atom. The van der Waals surface area contributed by atoms with Crippen LogP contribution >= 0.6 is 0 Å². The maximum Gasteiger partial charge on any atom is 0.343 e. The lowest BCUT2D eigenvalue weighted by Gasteiger charge is -2.14. The van der Waals surface area contributed by atoms with Crippen molar-refractivity contribution in [3.8, 4) is 23.0 Å². The number of aliphatic hydroxyl groups is 1. The van der Waals surface area contributed by atoms with Gasteiger partial charge in [-0.15, -0.1) is 0 Å². The number of rotatable bonds is 7. The Kier molecular flexibility index (Phi) is 5.68. The van der Waals surface area contributed by atoms with Crippen molar-refractivity contribution < 1.29 is 23.8 Å². The SMILES string of the molecule is Cc1c(-c2cc3cc(OCC(O)CNc4ccccc4)ccc3o2)oc(=O)c(C)c1O. The highest BCUT2D eigenvalue weighted by atomic mass is 16.5. The molecule has 31 heavy (non-hydrogen) atoms. The van der Waals surface area contributed by atoms with E-state index in [4.69, 9.17) is 13.6 Å². The molecular formula is C24H23NO6. The predicted molar refractivity (Wildman–Crippen MR) is 118 cm³/mol. The van der Waals surface area contributed by atoms with E-state index in [0.29, 0.717) is 29.2 Å². The lowest BCUT2D eigenvalue weighted by atomic mass is 10.1. The van der Waals surface area contributed by atoms with E-state index in [-0.39, 0.29) is 23.7 Å². The van der Waals surface area contributed by atoms with Crippen molar-refractivity contribution in [3.63, 3.8) is 0 Å². The zero-order valence-electron chi connectivity index (χ0n) is 17.2. The average molecular weight is 421 g/mol. The van der Waals surface area contributed by atoms with Gasteiger partial charge in [-0.2, -0.15) is 0 Å². The third-order valence-electron chi connectivity index (χ3n) is 5.02. The second-order valence-electron chi connectivity index (χ2n) is 7.34. The summed E-state index contributed by atoms with van der Waals surface area (Å²) in [6, 6.07) is 16.6. The molecule has 4 rings (SSSR count). The zero-order chi connectivity index (χ0) is 22.0. The molecule has 160 valence electrons. The van der Waals surface area contributed by atoms with Gasteiger partial charge < -0.3 is 29.1 Å². The number of aliphatic hydroxyl groups excluding tert-OH is 1.